The van der Waals surface area contributed by atoms with Crippen molar-refractivity contribution < 1.29 is 23.7 Å². The van der Waals surface area contributed by atoms with Crippen molar-refractivity contribution in [3.05, 3.63) is 43.9 Å². The Bertz CT molecular complexity index is 694. The summed E-state index contributed by atoms with van der Waals surface area (Å²) in [6, 6.07) is 3.20. The first kappa shape index (κ1) is 26.2. The molecule has 10 heteroatoms. The summed E-state index contributed by atoms with van der Waals surface area (Å²) in [5.74, 6) is 0.299. The first-order valence-electron chi connectivity index (χ1n) is 8.71. The van der Waals surface area contributed by atoms with Gasteiger partial charge in [0.1, 0.15) is 21.9 Å². The summed E-state index contributed by atoms with van der Waals surface area (Å²) in [6.07, 6.45) is 4.43. The Labute approximate surface area is 195 Å². The van der Waals surface area contributed by atoms with Crippen LogP contribution in [-0.4, -0.2) is 39.0 Å². The number of esters is 1. The van der Waals surface area contributed by atoms with Crippen molar-refractivity contribution in [3.8, 4) is 11.5 Å². The Kier molecular flexibility index (Phi) is 13.6. The third kappa shape index (κ3) is 11.2. The lowest BCUT2D eigenvalue weighted by atomic mass is 10.3. The van der Waals surface area contributed by atoms with E-state index in [1.165, 1.54) is 12.2 Å². The molecule has 0 heterocycles. The second-order valence-electron chi connectivity index (χ2n) is 5.42. The molecule has 0 aliphatic heterocycles. The first-order valence-corrected chi connectivity index (χ1v) is 10.6. The van der Waals surface area contributed by atoms with Crippen molar-refractivity contribution in [1.29, 1.82) is 0 Å². The van der Waals surface area contributed by atoms with Gasteiger partial charge in [-0.2, -0.15) is 0 Å². The summed E-state index contributed by atoms with van der Waals surface area (Å²) in [5, 5.41) is 0.681. The number of benzene rings is 1. The average Bonchev–Trinajstić information content (AvgIpc) is 2.65. The monoisotopic (exact) mass is 504 g/mol. The Morgan fingerprint density at radius 3 is 2.24 bits per heavy atom. The van der Waals surface area contributed by atoms with Crippen molar-refractivity contribution in [2.45, 2.75) is 19.8 Å². The molecule has 1 aromatic rings. The molecule has 0 unspecified atom stereocenters. The van der Waals surface area contributed by atoms with Gasteiger partial charge in [-0.05, 0) is 31.9 Å². The van der Waals surface area contributed by atoms with Crippen LogP contribution in [0.15, 0.2) is 33.8 Å². The number of carbonyl (C=O) groups is 1. The van der Waals surface area contributed by atoms with Gasteiger partial charge >= 0.3 is 5.97 Å². The van der Waals surface area contributed by atoms with E-state index in [1.807, 2.05) is 0 Å². The van der Waals surface area contributed by atoms with Crippen LogP contribution in [0.5, 0.6) is 11.5 Å². The van der Waals surface area contributed by atoms with Gasteiger partial charge in [0.05, 0.1) is 29.9 Å². The lowest BCUT2D eigenvalue weighted by molar-refractivity contribution is -0.137. The van der Waals surface area contributed by atoms with Gasteiger partial charge in [-0.1, -0.05) is 58.0 Å². The molecule has 0 spiro atoms. The van der Waals surface area contributed by atoms with E-state index in [0.717, 1.165) is 12.8 Å². The van der Waals surface area contributed by atoms with Gasteiger partial charge < -0.3 is 18.9 Å². The van der Waals surface area contributed by atoms with Gasteiger partial charge in [0, 0.05) is 18.7 Å². The van der Waals surface area contributed by atoms with Gasteiger partial charge in [-0.15, -0.1) is 0 Å². The summed E-state index contributed by atoms with van der Waals surface area (Å²) < 4.78 is 21.3. The first-order chi connectivity index (χ1) is 13.8. The molecule has 5 nitrogen and oxygen atoms in total. The van der Waals surface area contributed by atoms with Gasteiger partial charge in [-0.3, -0.25) is 0 Å². The number of ether oxygens (including phenoxy) is 4. The normalized spacial score (nSPS) is 11.2. The predicted molar refractivity (Wildman–Crippen MR) is 118 cm³/mol. The van der Waals surface area contributed by atoms with Crippen LogP contribution in [0.1, 0.15) is 19.8 Å². The number of halogens is 5. The second-order valence-corrected chi connectivity index (χ2v) is 7.65. The van der Waals surface area contributed by atoms with Gasteiger partial charge in [0.2, 0.25) is 0 Å². The Balaban J connectivity index is 2.30. The summed E-state index contributed by atoms with van der Waals surface area (Å²) in [7, 11) is 0. The highest BCUT2D eigenvalue weighted by molar-refractivity contribution is 6.55. The SMILES string of the molecule is CCOC(=O)/C(Cl)=C/COCCCCOc1c(Cl)cc(OCC=C(Cl)Cl)cc1Cl. The minimum atomic E-state index is -0.560. The van der Waals surface area contributed by atoms with Crippen molar-refractivity contribution in [2.75, 3.05) is 33.0 Å². The zero-order valence-corrected chi connectivity index (χ0v) is 19.5. The molecule has 0 aliphatic carbocycles. The third-order valence-corrected chi connectivity index (χ3v) is 4.42. The Morgan fingerprint density at radius 2 is 1.62 bits per heavy atom. The lowest BCUT2D eigenvalue weighted by Gasteiger charge is -2.12. The molecule has 29 heavy (non-hydrogen) atoms. The zero-order valence-electron chi connectivity index (χ0n) is 15.7. The minimum absolute atomic E-state index is 0.00803. The van der Waals surface area contributed by atoms with E-state index >= 15 is 0 Å². The minimum Gasteiger partial charge on any atom is -0.490 e. The highest BCUT2D eigenvalue weighted by Gasteiger charge is 2.11. The molecule has 0 fully saturated rings. The molecular formula is C19H21Cl5O5. The van der Waals surface area contributed by atoms with Gasteiger partial charge in [0.15, 0.2) is 5.75 Å². The molecule has 0 saturated heterocycles. The average molecular weight is 507 g/mol. The zero-order chi connectivity index (χ0) is 21.6. The van der Waals surface area contributed by atoms with E-state index in [0.29, 0.717) is 34.8 Å². The van der Waals surface area contributed by atoms with E-state index in [1.54, 1.807) is 19.1 Å². The number of rotatable bonds is 13. The molecule has 0 amide bonds. The molecule has 0 saturated carbocycles. The van der Waals surface area contributed by atoms with Gasteiger partial charge in [0.25, 0.3) is 0 Å². The quantitative estimate of drug-likeness (QED) is 0.172. The van der Waals surface area contributed by atoms with Crippen LogP contribution in [0.2, 0.25) is 10.0 Å². The van der Waals surface area contributed by atoms with Crippen LogP contribution in [0, 0.1) is 0 Å². The maximum Gasteiger partial charge on any atom is 0.349 e. The van der Waals surface area contributed by atoms with Crippen molar-refractivity contribution in [3.63, 3.8) is 0 Å². The molecule has 1 aromatic carbocycles. The topological polar surface area (TPSA) is 54.0 Å². The van der Waals surface area contributed by atoms with Crippen molar-refractivity contribution in [2.24, 2.45) is 0 Å². The molecule has 0 atom stereocenters. The summed E-state index contributed by atoms with van der Waals surface area (Å²) in [5.41, 5.74) is 0. The summed E-state index contributed by atoms with van der Waals surface area (Å²) in [6.45, 7) is 3.29. The molecule has 0 aromatic heterocycles. The van der Waals surface area contributed by atoms with Crippen LogP contribution >= 0.6 is 58.0 Å². The fraction of sp³-hybridized carbons (Fsp3) is 0.421. The van der Waals surface area contributed by atoms with Crippen molar-refractivity contribution >= 4 is 64.0 Å². The van der Waals surface area contributed by atoms with Crippen LogP contribution in [0.3, 0.4) is 0 Å². The van der Waals surface area contributed by atoms with Gasteiger partial charge in [-0.25, -0.2) is 4.79 Å². The van der Waals surface area contributed by atoms with Crippen LogP contribution in [-0.2, 0) is 14.3 Å². The van der Waals surface area contributed by atoms with E-state index in [-0.39, 0.29) is 29.3 Å². The number of unbranched alkanes of at least 4 members (excludes halogenated alkanes) is 1. The number of carbonyl (C=O) groups excluding carboxylic acids is 1. The maximum absolute atomic E-state index is 11.3. The predicted octanol–water partition coefficient (Wildman–Crippen LogP) is 6.55. The van der Waals surface area contributed by atoms with E-state index in [4.69, 9.17) is 77.0 Å². The van der Waals surface area contributed by atoms with Crippen LogP contribution in [0.4, 0.5) is 0 Å². The lowest BCUT2D eigenvalue weighted by Crippen LogP contribution is -2.05. The largest absolute Gasteiger partial charge is 0.490 e. The van der Waals surface area contributed by atoms with E-state index in [2.05, 4.69) is 0 Å². The Morgan fingerprint density at radius 1 is 0.966 bits per heavy atom. The molecule has 1 rings (SSSR count). The van der Waals surface area contributed by atoms with Crippen LogP contribution in [0.25, 0.3) is 0 Å². The molecule has 0 radical (unpaired) electrons. The Hall–Kier alpha value is -0.820. The summed E-state index contributed by atoms with van der Waals surface area (Å²) >= 11 is 29.2. The fourth-order valence-electron chi connectivity index (χ4n) is 1.94. The summed E-state index contributed by atoms with van der Waals surface area (Å²) in [4.78, 5) is 11.3. The van der Waals surface area contributed by atoms with E-state index < -0.39 is 5.97 Å². The second kappa shape index (κ2) is 15.1. The van der Waals surface area contributed by atoms with Crippen molar-refractivity contribution in [1.82, 2.24) is 0 Å². The molecule has 162 valence electrons. The number of hydrogen-bond donors (Lipinski definition) is 0. The molecule has 0 bridgehead atoms. The fourth-order valence-corrected chi connectivity index (χ4v) is 2.76. The standard InChI is InChI=1S/C19H21Cl5O5/c1-2-27-19(25)14(20)5-9-26-7-3-4-8-29-18-15(21)11-13(12-16(18)22)28-10-6-17(23)24/h5-6,11-12H,2-4,7-10H2,1H3/b14-5-. The highest BCUT2D eigenvalue weighted by atomic mass is 35.5. The molecule has 0 aliphatic rings. The molecular weight excluding hydrogens is 485 g/mol. The maximum atomic E-state index is 11.3. The third-order valence-electron chi connectivity index (χ3n) is 3.24. The number of hydrogen-bond acceptors (Lipinski definition) is 5. The van der Waals surface area contributed by atoms with Crippen LogP contribution < -0.4 is 9.47 Å². The van der Waals surface area contributed by atoms with E-state index in [9.17, 15) is 4.79 Å². The highest BCUT2D eigenvalue weighted by Crippen LogP contribution is 2.37. The molecule has 0 N–H and O–H groups in total. The smallest absolute Gasteiger partial charge is 0.349 e.